The van der Waals surface area contributed by atoms with Crippen LogP contribution in [0.4, 0.5) is 0 Å². The summed E-state index contributed by atoms with van der Waals surface area (Å²) in [4.78, 5) is 0. The van der Waals surface area contributed by atoms with Gasteiger partial charge in [0.15, 0.2) is 0 Å². The van der Waals surface area contributed by atoms with E-state index in [1.54, 1.807) is 0 Å². The largest absolute Gasteiger partial charge is 0.322 e. The number of unbranched alkanes of at least 4 members (excludes halogenated alkanes) is 2. The maximum atomic E-state index is 3.16. The number of benzene rings is 1. The number of nitrogens with one attached hydrogen (secondary N) is 1. The summed E-state index contributed by atoms with van der Waals surface area (Å²) in [5, 5.41) is 3.02. The van der Waals surface area contributed by atoms with Gasteiger partial charge in [-0.25, -0.2) is 0 Å². The molecule has 0 spiro atoms. The van der Waals surface area contributed by atoms with Crippen LogP contribution in [-0.4, -0.2) is 0 Å². The maximum absolute atomic E-state index is 3.16. The molecule has 1 nitrogen and oxygen atoms in total. The molecule has 0 saturated heterocycles. The standard InChI is InChI=1S/C18H25N/c1-3-4-5-10-15-19-16-11-9-12-17(2)18-13-7-6-8-14-18/h6-8,10,13-15,17,19H,3-5,9,12H2,1-2H3. The molecule has 0 bridgehead atoms. The van der Waals surface area contributed by atoms with E-state index in [4.69, 9.17) is 0 Å². The van der Waals surface area contributed by atoms with E-state index in [0.29, 0.717) is 5.92 Å². The highest BCUT2D eigenvalue weighted by molar-refractivity contribution is 5.19. The predicted molar refractivity (Wildman–Crippen MR) is 83.7 cm³/mol. The van der Waals surface area contributed by atoms with Crippen molar-refractivity contribution in [2.45, 2.75) is 51.9 Å². The van der Waals surface area contributed by atoms with E-state index < -0.39 is 0 Å². The zero-order valence-electron chi connectivity index (χ0n) is 12.2. The highest BCUT2D eigenvalue weighted by Gasteiger charge is 2.02. The van der Waals surface area contributed by atoms with E-state index in [0.717, 1.165) is 19.3 Å². The number of hydrogen-bond acceptors (Lipinski definition) is 1. The summed E-state index contributed by atoms with van der Waals surface area (Å²) in [6.07, 6.45) is 9.77. The topological polar surface area (TPSA) is 12.0 Å². The summed E-state index contributed by atoms with van der Waals surface area (Å²) in [5.74, 6) is 3.74. The number of rotatable bonds is 7. The summed E-state index contributed by atoms with van der Waals surface area (Å²) in [7, 11) is 0. The first-order chi connectivity index (χ1) is 9.34. The second-order valence-corrected chi connectivity index (χ2v) is 4.84. The van der Waals surface area contributed by atoms with Crippen molar-refractivity contribution in [3.8, 4) is 12.0 Å². The van der Waals surface area contributed by atoms with Gasteiger partial charge in [-0.1, -0.05) is 69.0 Å². The van der Waals surface area contributed by atoms with Crippen LogP contribution in [0.2, 0.25) is 0 Å². The molecule has 0 amide bonds. The van der Waals surface area contributed by atoms with Gasteiger partial charge in [0.2, 0.25) is 0 Å². The Labute approximate surface area is 118 Å². The van der Waals surface area contributed by atoms with Crippen LogP contribution in [0.3, 0.4) is 0 Å². The first-order valence-electron chi connectivity index (χ1n) is 7.28. The SMILES string of the molecule is CCCCC=CNC#CCCC(C)c1ccccc1. The molecule has 1 aromatic rings. The molecule has 0 aromatic heterocycles. The molecule has 102 valence electrons. The second kappa shape index (κ2) is 10.3. The van der Waals surface area contributed by atoms with Crippen LogP contribution in [-0.2, 0) is 0 Å². The summed E-state index contributed by atoms with van der Waals surface area (Å²) in [6, 6.07) is 13.6. The molecular weight excluding hydrogens is 230 g/mol. The van der Waals surface area contributed by atoms with E-state index in [1.807, 2.05) is 6.20 Å². The third-order valence-electron chi connectivity index (χ3n) is 3.16. The predicted octanol–water partition coefficient (Wildman–Crippen LogP) is 4.82. The molecule has 19 heavy (non-hydrogen) atoms. The van der Waals surface area contributed by atoms with Crippen molar-refractivity contribution in [1.82, 2.24) is 5.32 Å². The molecule has 0 aliphatic rings. The van der Waals surface area contributed by atoms with E-state index in [-0.39, 0.29) is 0 Å². The highest BCUT2D eigenvalue weighted by atomic mass is 14.8. The van der Waals surface area contributed by atoms with Crippen LogP contribution < -0.4 is 5.32 Å². The van der Waals surface area contributed by atoms with Crippen LogP contribution in [0, 0.1) is 12.0 Å². The Hall–Kier alpha value is -1.68. The quantitative estimate of drug-likeness (QED) is 0.418. The monoisotopic (exact) mass is 255 g/mol. The van der Waals surface area contributed by atoms with E-state index in [1.165, 1.54) is 18.4 Å². The smallest absolute Gasteiger partial charge is 0.0113 e. The second-order valence-electron chi connectivity index (χ2n) is 4.84. The average Bonchev–Trinajstić information content (AvgIpc) is 2.46. The van der Waals surface area contributed by atoms with Crippen molar-refractivity contribution >= 4 is 0 Å². The molecule has 0 heterocycles. The molecule has 0 aliphatic heterocycles. The van der Waals surface area contributed by atoms with E-state index >= 15 is 0 Å². The fourth-order valence-corrected chi connectivity index (χ4v) is 1.86. The lowest BCUT2D eigenvalue weighted by Gasteiger charge is -2.08. The van der Waals surface area contributed by atoms with Gasteiger partial charge in [-0.3, -0.25) is 0 Å². The third-order valence-corrected chi connectivity index (χ3v) is 3.16. The van der Waals surface area contributed by atoms with Gasteiger partial charge in [0.05, 0.1) is 0 Å². The molecule has 1 atom stereocenters. The van der Waals surface area contributed by atoms with Crippen LogP contribution in [0.25, 0.3) is 0 Å². The highest BCUT2D eigenvalue weighted by Crippen LogP contribution is 2.19. The van der Waals surface area contributed by atoms with Crippen molar-refractivity contribution in [3.05, 3.63) is 48.2 Å². The minimum atomic E-state index is 0.579. The molecule has 0 saturated carbocycles. The first kappa shape index (κ1) is 15.4. The third kappa shape index (κ3) is 7.36. The van der Waals surface area contributed by atoms with Crippen LogP contribution >= 0.6 is 0 Å². The van der Waals surface area contributed by atoms with Gasteiger partial charge in [0.1, 0.15) is 0 Å². The Bertz CT molecular complexity index is 408. The molecule has 1 N–H and O–H groups in total. The van der Waals surface area contributed by atoms with Crippen molar-refractivity contribution in [2.75, 3.05) is 0 Å². The van der Waals surface area contributed by atoms with Crippen molar-refractivity contribution in [3.63, 3.8) is 0 Å². The van der Waals surface area contributed by atoms with Gasteiger partial charge in [-0.2, -0.15) is 0 Å². The number of hydrogen-bond donors (Lipinski definition) is 1. The minimum absolute atomic E-state index is 0.579. The lowest BCUT2D eigenvalue weighted by Crippen LogP contribution is -1.94. The van der Waals surface area contributed by atoms with Crippen molar-refractivity contribution < 1.29 is 0 Å². The average molecular weight is 255 g/mol. The van der Waals surface area contributed by atoms with E-state index in [9.17, 15) is 0 Å². The molecule has 1 unspecified atom stereocenters. The van der Waals surface area contributed by atoms with Gasteiger partial charge in [-0.05, 0) is 24.3 Å². The van der Waals surface area contributed by atoms with Gasteiger partial charge < -0.3 is 5.32 Å². The summed E-state index contributed by atoms with van der Waals surface area (Å²) < 4.78 is 0. The van der Waals surface area contributed by atoms with Crippen LogP contribution in [0.15, 0.2) is 42.6 Å². The Morgan fingerprint density at radius 2 is 2.05 bits per heavy atom. The lowest BCUT2D eigenvalue weighted by molar-refractivity contribution is 0.698. The Morgan fingerprint density at radius 3 is 2.79 bits per heavy atom. The zero-order valence-corrected chi connectivity index (χ0v) is 12.2. The fourth-order valence-electron chi connectivity index (χ4n) is 1.86. The van der Waals surface area contributed by atoms with Crippen molar-refractivity contribution in [1.29, 1.82) is 0 Å². The number of allylic oxidation sites excluding steroid dienone is 1. The zero-order chi connectivity index (χ0) is 13.8. The molecule has 1 heteroatoms. The summed E-state index contributed by atoms with van der Waals surface area (Å²) in [5.41, 5.74) is 1.40. The van der Waals surface area contributed by atoms with Gasteiger partial charge in [-0.15, -0.1) is 0 Å². The lowest BCUT2D eigenvalue weighted by atomic mass is 9.97. The normalized spacial score (nSPS) is 11.9. The molecule has 0 aliphatic carbocycles. The molecule has 0 fully saturated rings. The summed E-state index contributed by atoms with van der Waals surface area (Å²) >= 11 is 0. The van der Waals surface area contributed by atoms with Crippen LogP contribution in [0.5, 0.6) is 0 Å². The maximum Gasteiger partial charge on any atom is 0.0113 e. The van der Waals surface area contributed by atoms with Gasteiger partial charge >= 0.3 is 0 Å². The minimum Gasteiger partial charge on any atom is -0.322 e. The van der Waals surface area contributed by atoms with Gasteiger partial charge in [0, 0.05) is 18.7 Å². The van der Waals surface area contributed by atoms with Gasteiger partial charge in [0.25, 0.3) is 0 Å². The van der Waals surface area contributed by atoms with Crippen molar-refractivity contribution in [2.24, 2.45) is 0 Å². The molecule has 1 rings (SSSR count). The molecule has 0 radical (unpaired) electrons. The first-order valence-corrected chi connectivity index (χ1v) is 7.28. The Kier molecular flexibility index (Phi) is 8.31. The Morgan fingerprint density at radius 1 is 1.26 bits per heavy atom. The van der Waals surface area contributed by atoms with E-state index in [2.05, 4.69) is 67.5 Å². The Balaban J connectivity index is 2.15. The van der Waals surface area contributed by atoms with Crippen LogP contribution in [0.1, 0.15) is 57.4 Å². The molecular formula is C18H25N. The summed E-state index contributed by atoms with van der Waals surface area (Å²) in [6.45, 7) is 4.46. The molecule has 1 aromatic carbocycles. The fraction of sp³-hybridized carbons (Fsp3) is 0.444.